The second kappa shape index (κ2) is 11.0. The third-order valence-electron chi connectivity index (χ3n) is 7.90. The van der Waals surface area contributed by atoms with Gasteiger partial charge in [0.1, 0.15) is 17.7 Å². The van der Waals surface area contributed by atoms with Gasteiger partial charge in [-0.2, -0.15) is 26.3 Å². The van der Waals surface area contributed by atoms with E-state index in [0.29, 0.717) is 34.5 Å². The highest BCUT2D eigenvalue weighted by atomic mass is 19.4. The molecule has 2 aliphatic rings. The summed E-state index contributed by atoms with van der Waals surface area (Å²) in [4.78, 5) is 19.0. The molecule has 0 spiro atoms. The number of nitrogens with zero attached hydrogens (tertiary/aromatic N) is 2. The molecule has 1 saturated carbocycles. The number of methoxy groups -OCH3 is 1. The predicted molar refractivity (Wildman–Crippen MR) is 143 cm³/mol. The van der Waals surface area contributed by atoms with Crippen LogP contribution in [0.5, 0.6) is 5.75 Å². The molecule has 0 bridgehead atoms. The molecule has 1 amide bonds. The summed E-state index contributed by atoms with van der Waals surface area (Å²) in [5, 5.41) is 0. The molecule has 2 atom stereocenters. The lowest BCUT2D eigenvalue weighted by Gasteiger charge is -2.24. The summed E-state index contributed by atoms with van der Waals surface area (Å²) in [5.41, 5.74) is -0.619. The number of hydrogen-bond acceptors (Lipinski definition) is 4. The molecule has 5 nitrogen and oxygen atoms in total. The van der Waals surface area contributed by atoms with Crippen LogP contribution in [-0.2, 0) is 23.6 Å². The van der Waals surface area contributed by atoms with Crippen molar-refractivity contribution in [2.75, 3.05) is 7.11 Å². The van der Waals surface area contributed by atoms with Crippen molar-refractivity contribution >= 4 is 6.09 Å². The predicted octanol–water partition coefficient (Wildman–Crippen LogP) is 9.02. The van der Waals surface area contributed by atoms with E-state index in [0.717, 1.165) is 18.4 Å². The van der Waals surface area contributed by atoms with Gasteiger partial charge in [0.05, 0.1) is 36.5 Å². The molecule has 230 valence electrons. The molecular formula is C31H29F7N2O3. The first-order valence-corrected chi connectivity index (χ1v) is 13.7. The molecule has 12 heteroatoms. The van der Waals surface area contributed by atoms with Crippen molar-refractivity contribution in [2.45, 2.75) is 76.5 Å². The van der Waals surface area contributed by atoms with Crippen LogP contribution in [0.25, 0.3) is 11.3 Å². The number of pyridine rings is 1. The summed E-state index contributed by atoms with van der Waals surface area (Å²) in [6.45, 7) is 5.05. The molecule has 1 aliphatic carbocycles. The Balaban J connectivity index is 1.55. The number of amides is 1. The second-order valence-electron chi connectivity index (χ2n) is 11.3. The molecule has 43 heavy (non-hydrogen) atoms. The van der Waals surface area contributed by atoms with Crippen LogP contribution in [0.2, 0.25) is 0 Å². The number of halogens is 7. The van der Waals surface area contributed by atoms with Crippen LogP contribution in [0.1, 0.15) is 84.9 Å². The van der Waals surface area contributed by atoms with Gasteiger partial charge in [0.25, 0.3) is 0 Å². The molecule has 3 aromatic rings. The van der Waals surface area contributed by atoms with Gasteiger partial charge in [-0.15, -0.1) is 0 Å². The van der Waals surface area contributed by atoms with Crippen LogP contribution in [0, 0.1) is 5.82 Å². The van der Waals surface area contributed by atoms with E-state index in [4.69, 9.17) is 9.47 Å². The van der Waals surface area contributed by atoms with Crippen molar-refractivity contribution in [1.29, 1.82) is 0 Å². The summed E-state index contributed by atoms with van der Waals surface area (Å²) in [7, 11) is 1.39. The van der Waals surface area contributed by atoms with E-state index in [1.807, 2.05) is 19.9 Å². The third kappa shape index (κ3) is 6.14. The van der Waals surface area contributed by atoms with Gasteiger partial charge in [0.15, 0.2) is 0 Å². The quantitative estimate of drug-likeness (QED) is 0.251. The fraction of sp³-hybridized carbons (Fsp3) is 0.419. The fourth-order valence-corrected chi connectivity index (χ4v) is 5.39. The Kier molecular flexibility index (Phi) is 7.85. The van der Waals surface area contributed by atoms with E-state index in [1.165, 1.54) is 25.0 Å². The SMILES string of the molecule is COc1cc(F)c(C(C)C)cc1-c1ncc(C2CC2)cc1CN1C(=O)O[C@H](c2cc(C(F)(F)F)cc(C(F)(F)F)c2)[C@@H]1C. The number of carbonyl (C=O) groups is 1. The Hall–Kier alpha value is -3.83. The summed E-state index contributed by atoms with van der Waals surface area (Å²) >= 11 is 0. The number of hydrogen-bond donors (Lipinski definition) is 0. The van der Waals surface area contributed by atoms with Crippen LogP contribution in [0.4, 0.5) is 35.5 Å². The Morgan fingerprint density at radius 3 is 2.14 bits per heavy atom. The monoisotopic (exact) mass is 610 g/mol. The minimum absolute atomic E-state index is 0.0333. The molecule has 2 fully saturated rings. The summed E-state index contributed by atoms with van der Waals surface area (Å²) in [6.07, 6.45) is -8.77. The number of aromatic nitrogens is 1. The van der Waals surface area contributed by atoms with E-state index in [-0.39, 0.29) is 30.2 Å². The molecule has 1 aliphatic heterocycles. The molecule has 1 aromatic heterocycles. The maximum Gasteiger partial charge on any atom is 0.416 e. The molecule has 0 N–H and O–H groups in total. The highest BCUT2D eigenvalue weighted by Gasteiger charge is 2.43. The Morgan fingerprint density at radius 1 is 0.977 bits per heavy atom. The smallest absolute Gasteiger partial charge is 0.416 e. The highest BCUT2D eigenvalue weighted by Crippen LogP contribution is 2.44. The number of ether oxygens (including phenoxy) is 2. The van der Waals surface area contributed by atoms with Crippen LogP contribution in [-0.4, -0.2) is 29.1 Å². The first-order chi connectivity index (χ1) is 20.1. The molecule has 2 aromatic carbocycles. The van der Waals surface area contributed by atoms with Crippen molar-refractivity contribution in [3.63, 3.8) is 0 Å². The van der Waals surface area contributed by atoms with Gasteiger partial charge in [-0.1, -0.05) is 19.9 Å². The fourth-order valence-electron chi connectivity index (χ4n) is 5.39. The first-order valence-electron chi connectivity index (χ1n) is 13.7. The minimum Gasteiger partial charge on any atom is -0.496 e. The van der Waals surface area contributed by atoms with Crippen molar-refractivity contribution in [1.82, 2.24) is 9.88 Å². The van der Waals surface area contributed by atoms with E-state index < -0.39 is 53.1 Å². The average Bonchev–Trinajstić information content (AvgIpc) is 3.74. The second-order valence-corrected chi connectivity index (χ2v) is 11.3. The average molecular weight is 611 g/mol. The van der Waals surface area contributed by atoms with Gasteiger partial charge in [0, 0.05) is 17.8 Å². The lowest BCUT2D eigenvalue weighted by molar-refractivity contribution is -0.143. The van der Waals surface area contributed by atoms with Crippen molar-refractivity contribution in [3.05, 3.63) is 81.8 Å². The van der Waals surface area contributed by atoms with Gasteiger partial charge in [-0.25, -0.2) is 9.18 Å². The first kappa shape index (κ1) is 30.6. The number of benzene rings is 2. The van der Waals surface area contributed by atoms with Crippen molar-refractivity contribution < 1.29 is 45.0 Å². The number of alkyl halides is 6. The van der Waals surface area contributed by atoms with Crippen LogP contribution < -0.4 is 4.74 Å². The normalized spacial score (nSPS) is 19.3. The molecular weight excluding hydrogens is 581 g/mol. The molecule has 2 heterocycles. The number of rotatable bonds is 7. The Morgan fingerprint density at radius 2 is 1.60 bits per heavy atom. The summed E-state index contributed by atoms with van der Waals surface area (Å²) < 4.78 is 107. The number of cyclic esters (lactones) is 1. The van der Waals surface area contributed by atoms with Gasteiger partial charge in [0.2, 0.25) is 0 Å². The molecule has 5 rings (SSSR count). The van der Waals surface area contributed by atoms with E-state index in [2.05, 4.69) is 4.98 Å². The molecule has 0 unspecified atom stereocenters. The minimum atomic E-state index is -5.05. The number of carbonyl (C=O) groups excluding carboxylic acids is 1. The van der Waals surface area contributed by atoms with Gasteiger partial charge in [-0.05, 0) is 78.1 Å². The molecule has 0 radical (unpaired) electrons. The van der Waals surface area contributed by atoms with Crippen LogP contribution in [0.3, 0.4) is 0 Å². The Labute approximate surface area is 243 Å². The van der Waals surface area contributed by atoms with Crippen molar-refractivity contribution in [3.8, 4) is 17.0 Å². The van der Waals surface area contributed by atoms with Crippen LogP contribution >= 0.6 is 0 Å². The van der Waals surface area contributed by atoms with Gasteiger partial charge < -0.3 is 9.47 Å². The standard InChI is InChI=1S/C31H29F7N2O3/c1-15(2)23-11-24(26(42-4)12-25(23)32)27-20(7-19(13-39-27)17-5-6-17)14-40-16(3)28(43-29(40)41)18-8-21(30(33,34)35)10-22(9-18)31(36,37)38/h7-13,15-17,28H,5-6,14H2,1-4H3/t16-,28-/m0/s1. The topological polar surface area (TPSA) is 51.7 Å². The lowest BCUT2D eigenvalue weighted by Crippen LogP contribution is -2.32. The third-order valence-corrected chi connectivity index (χ3v) is 7.90. The maximum atomic E-state index is 14.8. The van der Waals surface area contributed by atoms with E-state index in [1.54, 1.807) is 12.3 Å². The summed E-state index contributed by atoms with van der Waals surface area (Å²) in [5.74, 6) is -0.121. The highest BCUT2D eigenvalue weighted by molar-refractivity contribution is 5.74. The van der Waals surface area contributed by atoms with Crippen molar-refractivity contribution in [2.24, 2.45) is 0 Å². The van der Waals surface area contributed by atoms with Gasteiger partial charge in [-0.3, -0.25) is 9.88 Å². The maximum absolute atomic E-state index is 14.8. The summed E-state index contributed by atoms with van der Waals surface area (Å²) in [6, 6.07) is 5.02. The largest absolute Gasteiger partial charge is 0.496 e. The van der Waals surface area contributed by atoms with E-state index >= 15 is 0 Å². The van der Waals surface area contributed by atoms with Crippen LogP contribution in [0.15, 0.2) is 42.6 Å². The van der Waals surface area contributed by atoms with Gasteiger partial charge >= 0.3 is 18.4 Å². The molecule has 1 saturated heterocycles. The Bertz CT molecular complexity index is 1520. The zero-order valence-electron chi connectivity index (χ0n) is 23.7. The van der Waals surface area contributed by atoms with E-state index in [9.17, 15) is 35.5 Å². The zero-order valence-corrected chi connectivity index (χ0v) is 23.7. The zero-order chi connectivity index (χ0) is 31.4. The lowest BCUT2D eigenvalue weighted by atomic mass is 9.94.